The van der Waals surface area contributed by atoms with Crippen molar-refractivity contribution in [1.29, 1.82) is 0 Å². The van der Waals surface area contributed by atoms with Crippen molar-refractivity contribution in [2.45, 2.75) is 19.4 Å². The number of amides is 1. The third kappa shape index (κ3) is 4.06. The fraction of sp³-hybridized carbons (Fsp3) is 0.278. The molecule has 0 saturated carbocycles. The number of anilines is 1. The lowest BCUT2D eigenvalue weighted by molar-refractivity contribution is 0.0951. The highest BCUT2D eigenvalue weighted by Crippen LogP contribution is 2.22. The molecule has 0 radical (unpaired) electrons. The molecule has 1 amide bonds. The van der Waals surface area contributed by atoms with Crippen LogP contribution in [-0.2, 0) is 6.54 Å². The van der Waals surface area contributed by atoms with Gasteiger partial charge >= 0.3 is 0 Å². The molecule has 1 saturated heterocycles. The topological polar surface area (TPSA) is 32.3 Å². The smallest absolute Gasteiger partial charge is 0.253 e. The van der Waals surface area contributed by atoms with Gasteiger partial charge in [-0.3, -0.25) is 4.79 Å². The molecule has 0 bridgehead atoms. The first-order valence-electron chi connectivity index (χ1n) is 7.70. The molecular formula is C18H18BrClN2O. The average molecular weight is 394 g/mol. The molecular weight excluding hydrogens is 376 g/mol. The Balaban J connectivity index is 1.61. The van der Waals surface area contributed by atoms with Crippen LogP contribution in [0.1, 0.15) is 28.8 Å². The highest BCUT2D eigenvalue weighted by atomic mass is 79.9. The van der Waals surface area contributed by atoms with Gasteiger partial charge in [0, 0.05) is 29.8 Å². The maximum absolute atomic E-state index is 12.2. The van der Waals surface area contributed by atoms with E-state index in [-0.39, 0.29) is 5.91 Å². The normalized spacial score (nSPS) is 14.1. The van der Waals surface area contributed by atoms with Crippen LogP contribution >= 0.6 is 27.5 Å². The van der Waals surface area contributed by atoms with Crippen LogP contribution in [0.15, 0.2) is 46.9 Å². The highest BCUT2D eigenvalue weighted by Gasteiger charge is 2.13. The van der Waals surface area contributed by atoms with E-state index in [9.17, 15) is 4.79 Å². The Morgan fingerprint density at radius 2 is 1.83 bits per heavy atom. The SMILES string of the molecule is O=C(NCc1ccc(N2CCCC2)cc1)c1cc(Br)ccc1Cl. The summed E-state index contributed by atoms with van der Waals surface area (Å²) in [6, 6.07) is 13.6. The van der Waals surface area contributed by atoms with E-state index in [1.165, 1.54) is 18.5 Å². The maximum atomic E-state index is 12.2. The first-order valence-corrected chi connectivity index (χ1v) is 8.88. The molecule has 1 aliphatic heterocycles. The zero-order chi connectivity index (χ0) is 16.2. The number of halogens is 2. The summed E-state index contributed by atoms with van der Waals surface area (Å²) in [6.45, 7) is 2.76. The van der Waals surface area contributed by atoms with Gasteiger partial charge in [0.15, 0.2) is 0 Å². The van der Waals surface area contributed by atoms with Crippen LogP contribution < -0.4 is 10.2 Å². The minimum absolute atomic E-state index is 0.167. The van der Waals surface area contributed by atoms with Gasteiger partial charge in [0.2, 0.25) is 0 Å². The molecule has 0 aromatic heterocycles. The Kier molecular flexibility index (Phi) is 5.23. The second-order valence-corrected chi connectivity index (χ2v) is 6.99. The summed E-state index contributed by atoms with van der Waals surface area (Å²) in [5.74, 6) is -0.167. The standard InChI is InChI=1S/C18H18BrClN2O/c19-14-5-8-17(20)16(11-14)18(23)21-12-13-3-6-15(7-4-13)22-9-1-2-10-22/h3-8,11H,1-2,9-10,12H2,(H,21,23). The Hall–Kier alpha value is -1.52. The lowest BCUT2D eigenvalue weighted by atomic mass is 10.1. The van der Waals surface area contributed by atoms with Gasteiger partial charge in [-0.15, -0.1) is 0 Å². The summed E-state index contributed by atoms with van der Waals surface area (Å²) in [4.78, 5) is 14.6. The summed E-state index contributed by atoms with van der Waals surface area (Å²) >= 11 is 9.44. The molecule has 0 unspecified atom stereocenters. The van der Waals surface area contributed by atoms with Crippen molar-refractivity contribution < 1.29 is 4.79 Å². The molecule has 2 aromatic rings. The summed E-state index contributed by atoms with van der Waals surface area (Å²) in [5, 5.41) is 3.37. The summed E-state index contributed by atoms with van der Waals surface area (Å²) in [6.07, 6.45) is 2.54. The fourth-order valence-corrected chi connectivity index (χ4v) is 3.31. The minimum atomic E-state index is -0.167. The summed E-state index contributed by atoms with van der Waals surface area (Å²) in [5.41, 5.74) is 2.81. The Morgan fingerprint density at radius 3 is 2.52 bits per heavy atom. The van der Waals surface area contributed by atoms with E-state index >= 15 is 0 Å². The third-order valence-corrected chi connectivity index (χ3v) is 4.86. The molecule has 3 nitrogen and oxygen atoms in total. The molecule has 1 N–H and O–H groups in total. The molecule has 0 aliphatic carbocycles. The quantitative estimate of drug-likeness (QED) is 0.821. The first-order chi connectivity index (χ1) is 11.1. The maximum Gasteiger partial charge on any atom is 0.253 e. The van der Waals surface area contributed by atoms with Crippen molar-refractivity contribution in [2.24, 2.45) is 0 Å². The van der Waals surface area contributed by atoms with Gasteiger partial charge in [-0.25, -0.2) is 0 Å². The van der Waals surface area contributed by atoms with Crippen LogP contribution in [0.5, 0.6) is 0 Å². The monoisotopic (exact) mass is 392 g/mol. The number of nitrogens with one attached hydrogen (secondary N) is 1. The van der Waals surface area contributed by atoms with Gasteiger partial charge < -0.3 is 10.2 Å². The van der Waals surface area contributed by atoms with E-state index in [2.05, 4.69) is 50.4 Å². The predicted octanol–water partition coefficient (Wildman–Crippen LogP) is 4.63. The second-order valence-electron chi connectivity index (χ2n) is 5.67. The van der Waals surface area contributed by atoms with Gasteiger partial charge in [0.25, 0.3) is 5.91 Å². The lowest BCUT2D eigenvalue weighted by Gasteiger charge is -2.17. The molecule has 5 heteroatoms. The Labute approximate surface area is 149 Å². The number of hydrogen-bond donors (Lipinski definition) is 1. The van der Waals surface area contributed by atoms with Crippen LogP contribution in [0.4, 0.5) is 5.69 Å². The van der Waals surface area contributed by atoms with Crippen molar-refractivity contribution in [3.05, 3.63) is 63.1 Å². The van der Waals surface area contributed by atoms with Crippen molar-refractivity contribution >= 4 is 39.1 Å². The number of hydrogen-bond acceptors (Lipinski definition) is 2. The van der Waals surface area contributed by atoms with E-state index in [4.69, 9.17) is 11.6 Å². The van der Waals surface area contributed by atoms with E-state index < -0.39 is 0 Å². The van der Waals surface area contributed by atoms with Crippen molar-refractivity contribution in [1.82, 2.24) is 5.32 Å². The minimum Gasteiger partial charge on any atom is -0.372 e. The van der Waals surface area contributed by atoms with E-state index in [0.717, 1.165) is 23.1 Å². The van der Waals surface area contributed by atoms with Gasteiger partial charge in [-0.1, -0.05) is 39.7 Å². The fourth-order valence-electron chi connectivity index (χ4n) is 2.75. The van der Waals surface area contributed by atoms with E-state index in [1.807, 2.05) is 6.07 Å². The average Bonchev–Trinajstić information content (AvgIpc) is 3.10. The number of carbonyl (C=O) groups is 1. The molecule has 3 rings (SSSR count). The zero-order valence-corrected chi connectivity index (χ0v) is 15.0. The number of rotatable bonds is 4. The molecule has 1 aliphatic rings. The third-order valence-electron chi connectivity index (χ3n) is 4.03. The second kappa shape index (κ2) is 7.37. The molecule has 2 aromatic carbocycles. The molecule has 120 valence electrons. The highest BCUT2D eigenvalue weighted by molar-refractivity contribution is 9.10. The van der Waals surface area contributed by atoms with Gasteiger partial charge in [0.1, 0.15) is 0 Å². The van der Waals surface area contributed by atoms with E-state index in [0.29, 0.717) is 17.1 Å². The number of benzene rings is 2. The van der Waals surface area contributed by atoms with Crippen LogP contribution in [0.2, 0.25) is 5.02 Å². The van der Waals surface area contributed by atoms with Crippen molar-refractivity contribution in [2.75, 3.05) is 18.0 Å². The first kappa shape index (κ1) is 16.3. The Morgan fingerprint density at radius 1 is 1.13 bits per heavy atom. The molecule has 1 heterocycles. The van der Waals surface area contributed by atoms with Gasteiger partial charge in [-0.2, -0.15) is 0 Å². The molecule has 23 heavy (non-hydrogen) atoms. The van der Waals surface area contributed by atoms with Crippen LogP contribution in [0, 0.1) is 0 Å². The van der Waals surface area contributed by atoms with Gasteiger partial charge in [-0.05, 0) is 48.7 Å². The lowest BCUT2D eigenvalue weighted by Crippen LogP contribution is -2.23. The van der Waals surface area contributed by atoms with Gasteiger partial charge in [0.05, 0.1) is 10.6 Å². The molecule has 0 spiro atoms. The zero-order valence-electron chi connectivity index (χ0n) is 12.7. The molecule has 0 atom stereocenters. The number of nitrogens with zero attached hydrogens (tertiary/aromatic N) is 1. The largest absolute Gasteiger partial charge is 0.372 e. The van der Waals surface area contributed by atoms with Crippen LogP contribution in [0.3, 0.4) is 0 Å². The van der Waals surface area contributed by atoms with Crippen LogP contribution in [-0.4, -0.2) is 19.0 Å². The van der Waals surface area contributed by atoms with Crippen molar-refractivity contribution in [3.8, 4) is 0 Å². The Bertz CT molecular complexity index is 697. The van der Waals surface area contributed by atoms with Crippen LogP contribution in [0.25, 0.3) is 0 Å². The van der Waals surface area contributed by atoms with E-state index in [1.54, 1.807) is 12.1 Å². The molecule has 1 fully saturated rings. The predicted molar refractivity (Wildman–Crippen MR) is 98.2 cm³/mol. The summed E-state index contributed by atoms with van der Waals surface area (Å²) < 4.78 is 0.835. The van der Waals surface area contributed by atoms with Crippen molar-refractivity contribution in [3.63, 3.8) is 0 Å². The number of carbonyl (C=O) groups excluding carboxylic acids is 1. The summed E-state index contributed by atoms with van der Waals surface area (Å²) in [7, 11) is 0.